The number of hydrogen-bond acceptors (Lipinski definition) is 4. The van der Waals surface area contributed by atoms with Gasteiger partial charge in [-0.25, -0.2) is 0 Å². The third-order valence-corrected chi connectivity index (χ3v) is 15.4. The van der Waals surface area contributed by atoms with E-state index in [-0.39, 0.29) is 0 Å². The van der Waals surface area contributed by atoms with Crippen LogP contribution in [0.2, 0.25) is 0 Å². The molecule has 4 aromatic carbocycles. The highest BCUT2D eigenvalue weighted by molar-refractivity contribution is 9.11. The Morgan fingerprint density at radius 3 is 0.707 bits per heavy atom. The molecule has 0 heterocycles. The van der Waals surface area contributed by atoms with Crippen molar-refractivity contribution in [3.63, 3.8) is 0 Å². The Labute approximate surface area is 383 Å². The molecule has 0 unspecified atom stereocenters. The number of halogens is 4. The minimum Gasteiger partial charge on any atom is -0.381 e. The van der Waals surface area contributed by atoms with Gasteiger partial charge in [0, 0.05) is 64.8 Å². The molecule has 0 radical (unpaired) electrons. The van der Waals surface area contributed by atoms with Gasteiger partial charge in [0.1, 0.15) is 0 Å². The highest BCUT2D eigenvalue weighted by Crippen LogP contribution is 2.34. The summed E-state index contributed by atoms with van der Waals surface area (Å²) in [5.41, 5.74) is 10.3. The summed E-state index contributed by atoms with van der Waals surface area (Å²) in [7, 11) is 0. The van der Waals surface area contributed by atoms with Gasteiger partial charge < -0.3 is 21.3 Å². The third kappa shape index (κ3) is 13.5. The van der Waals surface area contributed by atoms with E-state index in [1.54, 1.807) is 0 Å². The van der Waals surface area contributed by atoms with Crippen LogP contribution in [0.3, 0.4) is 0 Å². The molecule has 0 amide bonds. The first-order valence-electron chi connectivity index (χ1n) is 22.5. The SMILES string of the molecule is Brc1cc(Cc2ccc(NC3CCCCC3)c(Br)c2)ccc1NC1CCCCC1.Brc1cc(Cc2ccc(NC3CCCCC3)c(Br)c2)ccc1NC1CCCCC1. The van der Waals surface area contributed by atoms with Crippen LogP contribution in [0.15, 0.2) is 90.7 Å². The Balaban J connectivity index is 0.000000177. The molecule has 4 aliphatic rings. The van der Waals surface area contributed by atoms with Gasteiger partial charge in [-0.1, -0.05) is 101 Å². The molecule has 0 aromatic heterocycles. The Kier molecular flexibility index (Phi) is 17.3. The zero-order valence-corrected chi connectivity index (χ0v) is 40.6. The van der Waals surface area contributed by atoms with Gasteiger partial charge in [0.15, 0.2) is 0 Å². The first-order valence-corrected chi connectivity index (χ1v) is 25.7. The van der Waals surface area contributed by atoms with E-state index in [9.17, 15) is 0 Å². The van der Waals surface area contributed by atoms with Crippen LogP contribution < -0.4 is 21.3 Å². The molecule has 8 rings (SSSR count). The van der Waals surface area contributed by atoms with Crippen LogP contribution in [-0.2, 0) is 12.8 Å². The lowest BCUT2D eigenvalue weighted by Gasteiger charge is -2.25. The fourth-order valence-electron chi connectivity index (χ4n) is 9.48. The minimum absolute atomic E-state index is 0.631. The fraction of sp³-hybridized carbons (Fsp3) is 0.520. The van der Waals surface area contributed by atoms with Crippen LogP contribution in [0.5, 0.6) is 0 Å². The molecule has 4 saturated carbocycles. The van der Waals surface area contributed by atoms with Crippen molar-refractivity contribution in [3.05, 3.63) is 113 Å². The normalized spacial score (nSPS) is 18.6. The van der Waals surface area contributed by atoms with Gasteiger partial charge in [-0.2, -0.15) is 0 Å². The van der Waals surface area contributed by atoms with Crippen LogP contribution >= 0.6 is 63.7 Å². The largest absolute Gasteiger partial charge is 0.381 e. The lowest BCUT2D eigenvalue weighted by molar-refractivity contribution is 0.462. The van der Waals surface area contributed by atoms with Crippen LogP contribution in [0.4, 0.5) is 22.7 Å². The van der Waals surface area contributed by atoms with E-state index in [4.69, 9.17) is 0 Å². The van der Waals surface area contributed by atoms with Gasteiger partial charge in [0.25, 0.3) is 0 Å². The maximum absolute atomic E-state index is 3.79. The number of benzene rings is 4. The Hall–Kier alpha value is -2.00. The first-order chi connectivity index (χ1) is 28.3. The molecule has 4 nitrogen and oxygen atoms in total. The van der Waals surface area contributed by atoms with Gasteiger partial charge in [-0.3, -0.25) is 0 Å². The topological polar surface area (TPSA) is 48.1 Å². The maximum Gasteiger partial charge on any atom is 0.0486 e. The molecule has 4 N–H and O–H groups in total. The van der Waals surface area contributed by atoms with Crippen LogP contribution in [0.25, 0.3) is 0 Å². The molecule has 4 fully saturated rings. The molecular formula is C50H64Br4N4. The second-order valence-corrected chi connectivity index (χ2v) is 20.9. The van der Waals surface area contributed by atoms with Crippen molar-refractivity contribution in [3.8, 4) is 0 Å². The summed E-state index contributed by atoms with van der Waals surface area (Å²) in [4.78, 5) is 0. The molecule has 58 heavy (non-hydrogen) atoms. The summed E-state index contributed by atoms with van der Waals surface area (Å²) in [5.74, 6) is 0. The van der Waals surface area contributed by atoms with Gasteiger partial charge in [-0.05, 0) is 199 Å². The number of nitrogens with one attached hydrogen (secondary N) is 4. The van der Waals surface area contributed by atoms with E-state index < -0.39 is 0 Å². The van der Waals surface area contributed by atoms with Crippen molar-refractivity contribution in [1.29, 1.82) is 0 Å². The molecule has 4 aromatic rings. The van der Waals surface area contributed by atoms with E-state index >= 15 is 0 Å². The zero-order chi connectivity index (χ0) is 40.1. The van der Waals surface area contributed by atoms with Crippen molar-refractivity contribution < 1.29 is 0 Å². The Bertz CT molecular complexity index is 1620. The predicted molar refractivity (Wildman–Crippen MR) is 264 cm³/mol. The summed E-state index contributed by atoms with van der Waals surface area (Å²) in [6.07, 6.45) is 28.7. The van der Waals surface area contributed by atoms with Gasteiger partial charge >= 0.3 is 0 Å². The summed E-state index contributed by atoms with van der Waals surface area (Å²) >= 11 is 15.1. The van der Waals surface area contributed by atoms with E-state index in [1.807, 2.05) is 0 Å². The lowest BCUT2D eigenvalue weighted by Crippen LogP contribution is -2.22. The highest BCUT2D eigenvalue weighted by atomic mass is 79.9. The van der Waals surface area contributed by atoms with Crippen molar-refractivity contribution in [2.75, 3.05) is 21.3 Å². The average Bonchev–Trinajstić information content (AvgIpc) is 3.24. The van der Waals surface area contributed by atoms with Crippen molar-refractivity contribution in [2.24, 2.45) is 0 Å². The summed E-state index contributed by atoms with van der Waals surface area (Å²) in [6.45, 7) is 0. The second kappa shape index (κ2) is 22.7. The van der Waals surface area contributed by atoms with Crippen molar-refractivity contribution >= 4 is 86.5 Å². The zero-order valence-electron chi connectivity index (χ0n) is 34.3. The molecule has 312 valence electrons. The summed E-state index contributed by atoms with van der Waals surface area (Å²) in [6, 6.07) is 29.6. The van der Waals surface area contributed by atoms with E-state index in [0.717, 1.165) is 12.8 Å². The molecular weight excluding hydrogens is 976 g/mol. The van der Waals surface area contributed by atoms with Crippen molar-refractivity contribution in [2.45, 2.75) is 165 Å². The Morgan fingerprint density at radius 2 is 0.517 bits per heavy atom. The quantitative estimate of drug-likeness (QED) is 0.114. The fourth-order valence-corrected chi connectivity index (χ4v) is 11.6. The van der Waals surface area contributed by atoms with Gasteiger partial charge in [0.2, 0.25) is 0 Å². The predicted octanol–water partition coefficient (Wildman–Crippen LogP) is 16.6. The monoisotopic (exact) mass is 1040 g/mol. The maximum atomic E-state index is 3.79. The smallest absolute Gasteiger partial charge is 0.0486 e. The van der Waals surface area contributed by atoms with Crippen LogP contribution in [-0.4, -0.2) is 24.2 Å². The molecule has 0 saturated heterocycles. The average molecular weight is 1040 g/mol. The molecule has 4 aliphatic carbocycles. The number of anilines is 4. The molecule has 0 spiro atoms. The van der Waals surface area contributed by atoms with Gasteiger partial charge in [-0.15, -0.1) is 0 Å². The number of rotatable bonds is 12. The second-order valence-electron chi connectivity index (χ2n) is 17.5. The lowest BCUT2D eigenvalue weighted by atomic mass is 9.95. The van der Waals surface area contributed by atoms with E-state index in [0.29, 0.717) is 24.2 Å². The standard InChI is InChI=1S/2C25H32Br2N2/c2*26-22-16-18(11-13-24(22)28-20-7-3-1-4-8-20)15-19-12-14-25(23(27)17-19)29-21-9-5-2-6-10-21/h2*11-14,16-17,20-21,28-29H,1-10,15H2. The third-order valence-electron chi connectivity index (χ3n) is 12.8. The molecule has 8 heteroatoms. The van der Waals surface area contributed by atoms with Crippen LogP contribution in [0.1, 0.15) is 151 Å². The molecule has 0 bridgehead atoms. The Morgan fingerprint density at radius 1 is 0.310 bits per heavy atom. The van der Waals surface area contributed by atoms with Crippen LogP contribution in [0, 0.1) is 0 Å². The summed E-state index contributed by atoms with van der Waals surface area (Å²) < 4.78 is 4.70. The minimum atomic E-state index is 0.631. The van der Waals surface area contributed by atoms with Gasteiger partial charge in [0.05, 0.1) is 0 Å². The van der Waals surface area contributed by atoms with Crippen molar-refractivity contribution in [1.82, 2.24) is 0 Å². The first kappa shape index (κ1) is 44.1. The summed E-state index contributed by atoms with van der Waals surface area (Å²) in [5, 5.41) is 14.9. The number of hydrogen-bond donors (Lipinski definition) is 4. The molecule has 0 aliphatic heterocycles. The molecule has 0 atom stereocenters. The van der Waals surface area contributed by atoms with E-state index in [1.165, 1.54) is 191 Å². The van der Waals surface area contributed by atoms with E-state index in [2.05, 4.69) is 158 Å². The highest BCUT2D eigenvalue weighted by Gasteiger charge is 2.18.